The molecule has 0 aliphatic rings. The van der Waals surface area contributed by atoms with Crippen molar-refractivity contribution in [3.8, 4) is 0 Å². The molecule has 0 aromatic carbocycles. The van der Waals surface area contributed by atoms with Crippen LogP contribution >= 0.6 is 0 Å². The topological polar surface area (TPSA) is 9.23 Å². The van der Waals surface area contributed by atoms with E-state index in [-0.39, 0.29) is 5.60 Å². The number of hydrogen-bond donors (Lipinski definition) is 0. The molecule has 0 bridgehead atoms. The van der Waals surface area contributed by atoms with Crippen LogP contribution in [-0.4, -0.2) is 12.7 Å². The van der Waals surface area contributed by atoms with Gasteiger partial charge in [0.25, 0.3) is 0 Å². The fourth-order valence-corrected chi connectivity index (χ4v) is 0.896. The van der Waals surface area contributed by atoms with E-state index in [2.05, 4.69) is 13.8 Å². The molecule has 0 unspecified atom stereocenters. The third-order valence-corrected chi connectivity index (χ3v) is 5.84. The summed E-state index contributed by atoms with van der Waals surface area (Å²) in [7, 11) is 1.77. The summed E-state index contributed by atoms with van der Waals surface area (Å²) in [6.07, 6.45) is 0. The summed E-state index contributed by atoms with van der Waals surface area (Å²) in [6, 6.07) is 0. The molecule has 0 radical (unpaired) electrons. The number of hydrogen-bond acceptors (Lipinski definition) is 1. The van der Waals surface area contributed by atoms with E-state index in [1.54, 1.807) is 7.11 Å². The van der Waals surface area contributed by atoms with Crippen LogP contribution in [0.3, 0.4) is 0 Å². The Morgan fingerprint density at radius 1 is 1.57 bits per heavy atom. The molecule has 0 aromatic heterocycles. The van der Waals surface area contributed by atoms with E-state index in [1.807, 2.05) is 0 Å². The maximum atomic E-state index is 5.14. The summed E-state index contributed by atoms with van der Waals surface area (Å²) in [5, 5.41) is 0. The van der Waals surface area contributed by atoms with Gasteiger partial charge in [-0.25, -0.2) is 0 Å². The van der Waals surface area contributed by atoms with Gasteiger partial charge in [-0.1, -0.05) is 0 Å². The summed E-state index contributed by atoms with van der Waals surface area (Å²) >= 11 is 0.879. The molecule has 0 aromatic rings. The zero-order chi connectivity index (χ0) is 5.91. The number of ether oxygens (including phenoxy) is 1. The van der Waals surface area contributed by atoms with Crippen molar-refractivity contribution in [1.82, 2.24) is 0 Å². The Hall–Kier alpha value is 0.895. The zero-order valence-electron chi connectivity index (χ0n) is 5.32. The summed E-state index contributed by atoms with van der Waals surface area (Å²) in [6.45, 7) is 4.25. The second-order valence-electron chi connectivity index (χ2n) is 2.21. The van der Waals surface area contributed by atoms with Crippen molar-refractivity contribution in [2.45, 2.75) is 23.4 Å². The van der Waals surface area contributed by atoms with Gasteiger partial charge in [-0.15, -0.1) is 0 Å². The summed E-state index contributed by atoms with van der Waals surface area (Å²) in [4.78, 5) is 0. The first-order chi connectivity index (χ1) is 3.12. The Morgan fingerprint density at radius 3 is 2.00 bits per heavy atom. The molecule has 1 nitrogen and oxygen atoms in total. The third kappa shape index (κ3) is 3.48. The van der Waals surface area contributed by atoms with Crippen molar-refractivity contribution in [2.75, 3.05) is 7.11 Å². The van der Waals surface area contributed by atoms with Gasteiger partial charge in [0.2, 0.25) is 0 Å². The molecule has 0 aliphatic heterocycles. The SMILES string of the molecule is COC(C)(C)[CH2][Hg+]. The zero-order valence-corrected chi connectivity index (χ0v) is 10.8. The van der Waals surface area contributed by atoms with Gasteiger partial charge < -0.3 is 0 Å². The fourth-order valence-electron chi connectivity index (χ4n) is 0.102. The van der Waals surface area contributed by atoms with E-state index in [0.717, 1.165) is 26.1 Å². The molecule has 0 saturated carbocycles. The van der Waals surface area contributed by atoms with E-state index in [9.17, 15) is 0 Å². The minimum absolute atomic E-state index is 0.170. The first-order valence-corrected chi connectivity index (χ1v) is 6.35. The molecule has 0 saturated heterocycles. The quantitative estimate of drug-likeness (QED) is 0.697. The van der Waals surface area contributed by atoms with Crippen molar-refractivity contribution >= 4 is 0 Å². The molecular weight excluding hydrogens is 277 g/mol. The molecule has 2 heteroatoms. The summed E-state index contributed by atoms with van der Waals surface area (Å²) in [5.41, 5.74) is 0.170. The van der Waals surface area contributed by atoms with Crippen LogP contribution < -0.4 is 0 Å². The van der Waals surface area contributed by atoms with Gasteiger partial charge in [0.1, 0.15) is 0 Å². The van der Waals surface area contributed by atoms with E-state index < -0.39 is 0 Å². The van der Waals surface area contributed by atoms with Crippen LogP contribution in [0.1, 0.15) is 13.8 Å². The molecule has 38 valence electrons. The molecule has 0 N–H and O–H groups in total. The van der Waals surface area contributed by atoms with Crippen molar-refractivity contribution in [3.05, 3.63) is 0 Å². The van der Waals surface area contributed by atoms with Crippen molar-refractivity contribution in [2.24, 2.45) is 0 Å². The van der Waals surface area contributed by atoms with Gasteiger partial charge in [0.05, 0.1) is 0 Å². The normalized spacial score (nSPS) is 12.1. The predicted molar refractivity (Wildman–Crippen MR) is 25.9 cm³/mol. The molecule has 0 rings (SSSR count). The first kappa shape index (κ1) is 7.90. The van der Waals surface area contributed by atoms with E-state index in [0.29, 0.717) is 0 Å². The van der Waals surface area contributed by atoms with Gasteiger partial charge in [0.15, 0.2) is 0 Å². The average molecular weight is 288 g/mol. The maximum absolute atomic E-state index is 5.14. The van der Waals surface area contributed by atoms with E-state index in [4.69, 9.17) is 4.74 Å². The van der Waals surface area contributed by atoms with Crippen LogP contribution in [0.5, 0.6) is 0 Å². The molecule has 7 heavy (non-hydrogen) atoms. The standard InChI is InChI=1S/C5H11O.Hg/c1-5(2,3)6-4;/h1H2,2-4H3;/q;+1. The molecular formula is C5H11HgO+. The van der Waals surface area contributed by atoms with Gasteiger partial charge in [-0.3, -0.25) is 0 Å². The van der Waals surface area contributed by atoms with Crippen molar-refractivity contribution in [3.63, 3.8) is 0 Å². The molecule has 0 aliphatic carbocycles. The first-order valence-electron chi connectivity index (χ1n) is 2.47. The monoisotopic (exact) mass is 289 g/mol. The second-order valence-corrected chi connectivity index (χ2v) is 4.16. The van der Waals surface area contributed by atoms with Gasteiger partial charge in [-0.2, -0.15) is 0 Å². The van der Waals surface area contributed by atoms with E-state index >= 15 is 0 Å². The summed E-state index contributed by atoms with van der Waals surface area (Å²) < 4.78 is 6.40. The van der Waals surface area contributed by atoms with Gasteiger partial charge >= 0.3 is 61.3 Å². The molecule has 0 heterocycles. The fraction of sp³-hybridized carbons (Fsp3) is 1.00. The Labute approximate surface area is 61.4 Å². The van der Waals surface area contributed by atoms with E-state index in [1.165, 1.54) is 3.93 Å². The Morgan fingerprint density at radius 2 is 2.00 bits per heavy atom. The molecule has 0 fully saturated rings. The average Bonchev–Trinajstić information content (AvgIpc) is 1.68. The van der Waals surface area contributed by atoms with Crippen LogP contribution in [0.4, 0.5) is 0 Å². The van der Waals surface area contributed by atoms with Gasteiger partial charge in [-0.05, 0) is 0 Å². The Balaban J connectivity index is 3.36. The number of methoxy groups -OCH3 is 1. The van der Waals surface area contributed by atoms with Crippen LogP contribution in [-0.2, 0) is 30.9 Å². The Kier molecular flexibility index (Phi) is 3.42. The van der Waals surface area contributed by atoms with Crippen molar-refractivity contribution in [1.29, 1.82) is 0 Å². The van der Waals surface area contributed by atoms with Crippen LogP contribution in [0, 0.1) is 0 Å². The van der Waals surface area contributed by atoms with Crippen LogP contribution in [0.15, 0.2) is 0 Å². The predicted octanol–water partition coefficient (Wildman–Crippen LogP) is 1.38. The second kappa shape index (κ2) is 3.03. The van der Waals surface area contributed by atoms with Gasteiger partial charge in [0, 0.05) is 0 Å². The number of rotatable bonds is 2. The minimum atomic E-state index is 0.170. The molecule has 0 amide bonds. The van der Waals surface area contributed by atoms with Crippen LogP contribution in [0.2, 0.25) is 3.93 Å². The van der Waals surface area contributed by atoms with Crippen LogP contribution in [0.25, 0.3) is 0 Å². The molecule has 0 spiro atoms. The Bertz CT molecular complexity index is 46.0. The summed E-state index contributed by atoms with van der Waals surface area (Å²) in [5.74, 6) is 0. The van der Waals surface area contributed by atoms with Crippen molar-refractivity contribution < 1.29 is 30.9 Å². The molecule has 0 atom stereocenters. The third-order valence-electron chi connectivity index (χ3n) is 1.15.